The highest BCUT2D eigenvalue weighted by molar-refractivity contribution is 6.33. The van der Waals surface area contributed by atoms with Crippen LogP contribution < -0.4 is 0 Å². The number of imidazole rings is 1. The third kappa shape index (κ3) is 4.09. The number of carboxylic acids is 1. The van der Waals surface area contributed by atoms with Gasteiger partial charge in [-0.3, -0.25) is 4.98 Å². The molecule has 27 heavy (non-hydrogen) atoms. The number of aliphatic hydroxyl groups is 1. The SMILES string of the molecule is CC(O)c1nc(-c2cncc(Cl)c2)n(Cc2cc(Cl)ccc2Cl)c1C(=O)O. The second-order valence-corrected chi connectivity index (χ2v) is 7.14. The molecule has 2 aromatic heterocycles. The molecule has 3 aromatic rings. The Morgan fingerprint density at radius 1 is 1.19 bits per heavy atom. The first-order valence-corrected chi connectivity index (χ1v) is 8.98. The van der Waals surface area contributed by atoms with Gasteiger partial charge in [0.25, 0.3) is 0 Å². The molecule has 0 spiro atoms. The molecule has 0 saturated carbocycles. The van der Waals surface area contributed by atoms with Crippen LogP contribution in [0, 0.1) is 0 Å². The Morgan fingerprint density at radius 3 is 2.56 bits per heavy atom. The van der Waals surface area contributed by atoms with E-state index in [1.165, 1.54) is 23.9 Å². The van der Waals surface area contributed by atoms with E-state index in [0.717, 1.165) is 0 Å². The Labute approximate surface area is 170 Å². The summed E-state index contributed by atoms with van der Waals surface area (Å²) >= 11 is 18.3. The first kappa shape index (κ1) is 19.6. The smallest absolute Gasteiger partial charge is 0.354 e. The number of aromatic nitrogens is 3. The van der Waals surface area contributed by atoms with Crippen LogP contribution in [0.25, 0.3) is 11.4 Å². The van der Waals surface area contributed by atoms with Gasteiger partial charge in [0.05, 0.1) is 17.7 Å². The third-order valence-electron chi connectivity index (χ3n) is 3.89. The van der Waals surface area contributed by atoms with E-state index in [1.807, 2.05) is 0 Å². The van der Waals surface area contributed by atoms with E-state index in [9.17, 15) is 15.0 Å². The fourth-order valence-corrected chi connectivity index (χ4v) is 3.28. The van der Waals surface area contributed by atoms with Crippen molar-refractivity contribution in [3.8, 4) is 11.4 Å². The quantitative estimate of drug-likeness (QED) is 0.617. The lowest BCUT2D eigenvalue weighted by Gasteiger charge is -2.12. The fourth-order valence-electron chi connectivity index (χ4n) is 2.73. The van der Waals surface area contributed by atoms with Crippen molar-refractivity contribution in [3.05, 3.63) is 68.7 Å². The zero-order valence-electron chi connectivity index (χ0n) is 14.0. The standard InChI is InChI=1S/C18H14Cl3N3O3/c1-9(25)15-16(18(26)27)24(8-11-5-12(19)2-3-14(11)21)17(23-15)10-4-13(20)7-22-6-10/h2-7,9,25H,8H2,1H3,(H,26,27). The molecule has 1 unspecified atom stereocenters. The van der Waals surface area contributed by atoms with Gasteiger partial charge in [-0.05, 0) is 36.8 Å². The summed E-state index contributed by atoms with van der Waals surface area (Å²) in [5.74, 6) is -0.924. The van der Waals surface area contributed by atoms with Crippen LogP contribution in [0.2, 0.25) is 15.1 Å². The Hall–Kier alpha value is -2.12. The minimum atomic E-state index is -1.22. The maximum Gasteiger partial charge on any atom is 0.354 e. The molecular weight excluding hydrogens is 413 g/mol. The Morgan fingerprint density at radius 2 is 1.93 bits per heavy atom. The van der Waals surface area contributed by atoms with Crippen molar-refractivity contribution in [1.29, 1.82) is 0 Å². The van der Waals surface area contributed by atoms with E-state index in [4.69, 9.17) is 34.8 Å². The molecule has 0 aliphatic heterocycles. The number of hydrogen-bond donors (Lipinski definition) is 2. The molecule has 3 rings (SSSR count). The van der Waals surface area contributed by atoms with Crippen molar-refractivity contribution < 1.29 is 15.0 Å². The molecular formula is C18H14Cl3N3O3. The second kappa shape index (κ2) is 7.86. The zero-order valence-corrected chi connectivity index (χ0v) is 16.3. The molecule has 140 valence electrons. The lowest BCUT2D eigenvalue weighted by Crippen LogP contribution is -2.13. The van der Waals surface area contributed by atoms with Gasteiger partial charge in [0.2, 0.25) is 0 Å². The third-order valence-corrected chi connectivity index (χ3v) is 4.70. The van der Waals surface area contributed by atoms with Crippen molar-refractivity contribution in [3.63, 3.8) is 0 Å². The van der Waals surface area contributed by atoms with Gasteiger partial charge in [-0.15, -0.1) is 0 Å². The molecule has 0 fully saturated rings. The highest BCUT2D eigenvalue weighted by atomic mass is 35.5. The highest BCUT2D eigenvalue weighted by Crippen LogP contribution is 2.30. The van der Waals surface area contributed by atoms with Gasteiger partial charge in [0, 0.05) is 28.0 Å². The largest absolute Gasteiger partial charge is 0.477 e. The summed E-state index contributed by atoms with van der Waals surface area (Å²) < 4.78 is 1.45. The molecule has 0 saturated heterocycles. The number of aromatic carboxylic acids is 1. The minimum absolute atomic E-state index is 0.0376. The summed E-state index contributed by atoms with van der Waals surface area (Å²) in [6, 6.07) is 6.54. The van der Waals surface area contributed by atoms with Gasteiger partial charge in [0.1, 0.15) is 11.5 Å². The number of pyridine rings is 1. The number of halogens is 3. The van der Waals surface area contributed by atoms with Crippen molar-refractivity contribution in [2.75, 3.05) is 0 Å². The molecule has 0 amide bonds. The van der Waals surface area contributed by atoms with Crippen molar-refractivity contribution in [1.82, 2.24) is 14.5 Å². The van der Waals surface area contributed by atoms with Crippen LogP contribution in [0.1, 0.15) is 34.8 Å². The van der Waals surface area contributed by atoms with E-state index in [0.29, 0.717) is 32.0 Å². The first-order valence-electron chi connectivity index (χ1n) is 7.84. The van der Waals surface area contributed by atoms with Crippen LogP contribution >= 0.6 is 34.8 Å². The van der Waals surface area contributed by atoms with Crippen LogP contribution in [-0.4, -0.2) is 30.7 Å². The van der Waals surface area contributed by atoms with Gasteiger partial charge >= 0.3 is 5.97 Å². The van der Waals surface area contributed by atoms with Crippen molar-refractivity contribution in [2.24, 2.45) is 0 Å². The topological polar surface area (TPSA) is 88.2 Å². The number of benzene rings is 1. The molecule has 6 nitrogen and oxygen atoms in total. The molecule has 0 aliphatic rings. The number of carbonyl (C=O) groups is 1. The zero-order chi connectivity index (χ0) is 19.7. The predicted molar refractivity (Wildman–Crippen MR) is 104 cm³/mol. The molecule has 1 aromatic carbocycles. The van der Waals surface area contributed by atoms with E-state index in [-0.39, 0.29) is 17.9 Å². The summed E-state index contributed by atoms with van der Waals surface area (Å²) in [6.45, 7) is 1.54. The monoisotopic (exact) mass is 425 g/mol. The molecule has 0 aliphatic carbocycles. The van der Waals surface area contributed by atoms with Crippen LogP contribution in [0.3, 0.4) is 0 Å². The molecule has 0 radical (unpaired) electrons. The second-order valence-electron chi connectivity index (χ2n) is 5.86. The van der Waals surface area contributed by atoms with E-state index in [1.54, 1.807) is 24.3 Å². The minimum Gasteiger partial charge on any atom is -0.477 e. The van der Waals surface area contributed by atoms with Gasteiger partial charge in [-0.1, -0.05) is 34.8 Å². The normalized spacial score (nSPS) is 12.2. The van der Waals surface area contributed by atoms with E-state index in [2.05, 4.69) is 9.97 Å². The number of carboxylic acid groups (broad SMARTS) is 1. The maximum atomic E-state index is 11.9. The summed E-state index contributed by atoms with van der Waals surface area (Å²) in [6.07, 6.45) is 1.89. The summed E-state index contributed by atoms with van der Waals surface area (Å²) in [5.41, 5.74) is 1.01. The summed E-state index contributed by atoms with van der Waals surface area (Å²) in [4.78, 5) is 20.3. The number of nitrogens with zero attached hydrogens (tertiary/aromatic N) is 3. The molecule has 9 heteroatoms. The molecule has 2 heterocycles. The lowest BCUT2D eigenvalue weighted by molar-refractivity contribution is 0.0678. The number of hydrogen-bond acceptors (Lipinski definition) is 4. The molecule has 1 atom stereocenters. The van der Waals surface area contributed by atoms with Crippen LogP contribution in [0.5, 0.6) is 0 Å². The maximum absolute atomic E-state index is 11.9. The van der Waals surface area contributed by atoms with Crippen LogP contribution in [0.15, 0.2) is 36.7 Å². The summed E-state index contributed by atoms with van der Waals surface area (Å²) in [7, 11) is 0. The number of aliphatic hydroxyl groups excluding tert-OH is 1. The fraction of sp³-hybridized carbons (Fsp3) is 0.167. The van der Waals surface area contributed by atoms with Crippen LogP contribution in [0.4, 0.5) is 0 Å². The lowest BCUT2D eigenvalue weighted by atomic mass is 10.2. The average molecular weight is 427 g/mol. The molecule has 0 bridgehead atoms. The Kier molecular flexibility index (Phi) is 5.72. The molecule has 2 N–H and O–H groups in total. The van der Waals surface area contributed by atoms with Gasteiger partial charge in [-0.2, -0.15) is 0 Å². The highest BCUT2D eigenvalue weighted by Gasteiger charge is 2.26. The van der Waals surface area contributed by atoms with Crippen molar-refractivity contribution in [2.45, 2.75) is 19.6 Å². The van der Waals surface area contributed by atoms with E-state index >= 15 is 0 Å². The van der Waals surface area contributed by atoms with Crippen molar-refractivity contribution >= 4 is 40.8 Å². The first-order chi connectivity index (χ1) is 12.8. The van der Waals surface area contributed by atoms with E-state index < -0.39 is 12.1 Å². The Bertz CT molecular complexity index is 1020. The Balaban J connectivity index is 2.25. The summed E-state index contributed by atoms with van der Waals surface area (Å²) in [5, 5.41) is 21.0. The van der Waals surface area contributed by atoms with Gasteiger partial charge < -0.3 is 14.8 Å². The van der Waals surface area contributed by atoms with Gasteiger partial charge in [-0.25, -0.2) is 9.78 Å². The predicted octanol–water partition coefficient (Wildman–Crippen LogP) is 4.71. The number of rotatable bonds is 5. The average Bonchev–Trinajstić information content (AvgIpc) is 2.98. The van der Waals surface area contributed by atoms with Crippen LogP contribution in [-0.2, 0) is 6.54 Å². The van der Waals surface area contributed by atoms with Gasteiger partial charge in [0.15, 0.2) is 5.69 Å².